The number of para-hydroxylation sites is 2. The molecule has 240 valence electrons. The largest absolute Gasteiger partial charge is 0.356 e. The van der Waals surface area contributed by atoms with Crippen molar-refractivity contribution in [3.8, 4) is 22.3 Å². The monoisotopic (exact) mass is 642 g/mol. The Morgan fingerprint density at radius 2 is 0.920 bits per heavy atom. The Labute approximate surface area is 295 Å². The molecule has 1 unspecified atom stereocenters. The van der Waals surface area contributed by atoms with E-state index in [0.717, 1.165) is 34.9 Å². The molecule has 8 rings (SSSR count). The molecule has 0 aliphatic heterocycles. The Hall–Kier alpha value is -6.38. The average Bonchev–Trinajstić information content (AvgIpc) is 3.20. The van der Waals surface area contributed by atoms with Crippen LogP contribution >= 0.6 is 0 Å². The van der Waals surface area contributed by atoms with Crippen LogP contribution in [0, 0.1) is 0 Å². The maximum atomic E-state index is 3.48. The van der Waals surface area contributed by atoms with E-state index in [9.17, 15) is 0 Å². The van der Waals surface area contributed by atoms with Crippen LogP contribution in [0.5, 0.6) is 0 Å². The first-order chi connectivity index (χ1) is 24.8. The fraction of sp³-hybridized carbons (Fsp3) is 0.0417. The van der Waals surface area contributed by atoms with Gasteiger partial charge in [0.25, 0.3) is 0 Å². The molecule has 2 nitrogen and oxygen atoms in total. The Morgan fingerprint density at radius 1 is 0.420 bits per heavy atom. The first-order valence-corrected chi connectivity index (χ1v) is 17.3. The maximum absolute atomic E-state index is 3.48. The molecule has 50 heavy (non-hydrogen) atoms. The van der Waals surface area contributed by atoms with E-state index < -0.39 is 0 Å². The number of allylic oxidation sites excluding steroid dienone is 4. The van der Waals surface area contributed by atoms with Crippen LogP contribution in [0.25, 0.3) is 27.8 Å². The van der Waals surface area contributed by atoms with E-state index in [-0.39, 0.29) is 0 Å². The Kier molecular flexibility index (Phi) is 8.90. The van der Waals surface area contributed by atoms with Gasteiger partial charge in [-0.05, 0) is 106 Å². The minimum absolute atomic E-state index is 0.317. The molecule has 0 saturated carbocycles. The van der Waals surface area contributed by atoms with E-state index in [1.165, 1.54) is 39.0 Å². The van der Waals surface area contributed by atoms with Gasteiger partial charge >= 0.3 is 0 Å². The van der Waals surface area contributed by atoms with Crippen molar-refractivity contribution in [1.82, 2.24) is 0 Å². The zero-order chi connectivity index (χ0) is 33.5. The molecule has 0 bridgehead atoms. The van der Waals surface area contributed by atoms with Crippen molar-refractivity contribution in [2.75, 3.05) is 10.2 Å². The summed E-state index contributed by atoms with van der Waals surface area (Å²) in [6.45, 7) is 0. The molecule has 7 aromatic rings. The second-order valence-corrected chi connectivity index (χ2v) is 12.7. The maximum Gasteiger partial charge on any atom is 0.0462 e. The Morgan fingerprint density at radius 3 is 1.60 bits per heavy atom. The van der Waals surface area contributed by atoms with E-state index in [1.807, 2.05) is 18.2 Å². The molecule has 0 saturated heterocycles. The van der Waals surface area contributed by atoms with E-state index >= 15 is 0 Å². The molecule has 1 atom stereocenters. The van der Waals surface area contributed by atoms with Crippen LogP contribution < -0.4 is 10.2 Å². The predicted molar refractivity (Wildman–Crippen MR) is 213 cm³/mol. The second kappa shape index (κ2) is 14.4. The van der Waals surface area contributed by atoms with Crippen molar-refractivity contribution in [1.29, 1.82) is 0 Å². The van der Waals surface area contributed by atoms with Gasteiger partial charge in [0.15, 0.2) is 0 Å². The molecule has 2 heteroatoms. The van der Waals surface area contributed by atoms with Crippen molar-refractivity contribution >= 4 is 34.0 Å². The third-order valence-corrected chi connectivity index (χ3v) is 9.37. The summed E-state index contributed by atoms with van der Waals surface area (Å²) >= 11 is 0. The van der Waals surface area contributed by atoms with Crippen LogP contribution in [0.3, 0.4) is 0 Å². The van der Waals surface area contributed by atoms with Gasteiger partial charge in [0.1, 0.15) is 0 Å². The smallest absolute Gasteiger partial charge is 0.0462 e. The molecule has 0 fully saturated rings. The lowest BCUT2D eigenvalue weighted by Crippen LogP contribution is -2.09. The van der Waals surface area contributed by atoms with E-state index in [0.29, 0.717) is 5.92 Å². The van der Waals surface area contributed by atoms with Gasteiger partial charge in [-0.1, -0.05) is 146 Å². The van der Waals surface area contributed by atoms with Crippen molar-refractivity contribution in [2.24, 2.45) is 0 Å². The van der Waals surface area contributed by atoms with Gasteiger partial charge in [-0.3, -0.25) is 0 Å². The molecule has 0 spiro atoms. The van der Waals surface area contributed by atoms with Crippen LogP contribution in [0.15, 0.2) is 206 Å². The van der Waals surface area contributed by atoms with Gasteiger partial charge in [-0.2, -0.15) is 0 Å². The summed E-state index contributed by atoms with van der Waals surface area (Å²) in [5.74, 6) is 0.317. The normalized spacial score (nSPS) is 13.8. The van der Waals surface area contributed by atoms with Gasteiger partial charge < -0.3 is 10.2 Å². The Balaban J connectivity index is 1.02. The van der Waals surface area contributed by atoms with Gasteiger partial charge in [-0.25, -0.2) is 0 Å². The van der Waals surface area contributed by atoms with Gasteiger partial charge in [-0.15, -0.1) is 0 Å². The topological polar surface area (TPSA) is 15.3 Å². The number of hydrogen-bond acceptors (Lipinski definition) is 2. The van der Waals surface area contributed by atoms with Crippen LogP contribution in [-0.4, -0.2) is 0 Å². The minimum Gasteiger partial charge on any atom is -0.356 e. The molecule has 0 heterocycles. The lowest BCUT2D eigenvalue weighted by Gasteiger charge is -2.26. The van der Waals surface area contributed by atoms with Gasteiger partial charge in [0.2, 0.25) is 0 Å². The molecule has 0 amide bonds. The van der Waals surface area contributed by atoms with Crippen molar-refractivity contribution in [3.05, 3.63) is 217 Å². The van der Waals surface area contributed by atoms with Gasteiger partial charge in [0, 0.05) is 34.4 Å². The van der Waals surface area contributed by atoms with E-state index in [1.54, 1.807) is 0 Å². The third-order valence-electron chi connectivity index (χ3n) is 9.37. The highest BCUT2D eigenvalue weighted by molar-refractivity contribution is 5.81. The number of rotatable bonds is 9. The third kappa shape index (κ3) is 6.92. The molecule has 1 aliphatic carbocycles. The minimum atomic E-state index is 0.317. The fourth-order valence-electron chi connectivity index (χ4n) is 6.75. The van der Waals surface area contributed by atoms with Gasteiger partial charge in [0.05, 0.1) is 0 Å². The zero-order valence-electron chi connectivity index (χ0n) is 27.9. The van der Waals surface area contributed by atoms with E-state index in [2.05, 4.69) is 198 Å². The summed E-state index contributed by atoms with van der Waals surface area (Å²) in [6.07, 6.45) is 8.00. The molecule has 1 N–H and O–H groups in total. The molecular weight excluding hydrogens is 605 g/mol. The van der Waals surface area contributed by atoms with E-state index in [4.69, 9.17) is 0 Å². The molecular formula is C48H38N2. The molecule has 0 aromatic heterocycles. The molecule has 7 aromatic carbocycles. The highest BCUT2D eigenvalue weighted by atomic mass is 15.1. The number of benzene rings is 7. The fourth-order valence-corrected chi connectivity index (χ4v) is 6.75. The second-order valence-electron chi connectivity index (χ2n) is 12.7. The van der Waals surface area contributed by atoms with Crippen molar-refractivity contribution in [3.63, 3.8) is 0 Å². The zero-order valence-corrected chi connectivity index (χ0v) is 27.9. The number of nitrogens with one attached hydrogen (secondary N) is 1. The van der Waals surface area contributed by atoms with Crippen molar-refractivity contribution in [2.45, 2.75) is 12.3 Å². The summed E-state index contributed by atoms with van der Waals surface area (Å²) < 4.78 is 0. The summed E-state index contributed by atoms with van der Waals surface area (Å²) in [4.78, 5) is 2.32. The number of hydrogen-bond donors (Lipinski definition) is 1. The summed E-state index contributed by atoms with van der Waals surface area (Å²) in [6, 6.07) is 66.9. The van der Waals surface area contributed by atoms with Crippen LogP contribution in [0.1, 0.15) is 23.5 Å². The summed E-state index contributed by atoms with van der Waals surface area (Å²) in [5, 5.41) is 3.48. The average molecular weight is 643 g/mol. The molecule has 0 radical (unpaired) electrons. The number of nitrogens with zero attached hydrogens (tertiary/aromatic N) is 1. The number of anilines is 5. The Bertz CT molecular complexity index is 2220. The SMILES string of the molecule is C1=CC(c2ccc(N(c3ccccc3)c3ccc(-c4ccccc4)cc3)cc2)=CC(c2cccc(-c3ccc(Nc4ccccc4)cc3)c2)C1. The van der Waals surface area contributed by atoms with Crippen molar-refractivity contribution < 1.29 is 0 Å². The highest BCUT2D eigenvalue weighted by Crippen LogP contribution is 2.38. The first-order valence-electron chi connectivity index (χ1n) is 17.3. The lowest BCUT2D eigenvalue weighted by atomic mass is 9.86. The van der Waals surface area contributed by atoms with Crippen LogP contribution in [0.4, 0.5) is 28.4 Å². The first kappa shape index (κ1) is 30.9. The quantitative estimate of drug-likeness (QED) is 0.169. The summed E-state index contributed by atoms with van der Waals surface area (Å²) in [7, 11) is 0. The highest BCUT2D eigenvalue weighted by Gasteiger charge is 2.16. The predicted octanol–water partition coefficient (Wildman–Crippen LogP) is 13.4. The van der Waals surface area contributed by atoms with Crippen LogP contribution in [-0.2, 0) is 0 Å². The lowest BCUT2D eigenvalue weighted by molar-refractivity contribution is 0.857. The summed E-state index contributed by atoms with van der Waals surface area (Å²) in [5.41, 5.74) is 14.3. The standard InChI is InChI=1S/C48H38N2/c1-4-12-36(13-5-1)37-24-30-47(31-25-37)50(46-20-8-3-9-21-46)48-32-26-39(27-33-48)41-15-11-17-43(35-41)42-16-10-14-40(34-42)38-22-28-45(29-23-38)49-44-18-6-2-7-19-44/h1-16,18-35,43,49H,17H2. The molecule has 1 aliphatic rings. The van der Waals surface area contributed by atoms with Crippen LogP contribution in [0.2, 0.25) is 0 Å².